The molecule has 0 aliphatic rings. The van der Waals surface area contributed by atoms with E-state index in [4.69, 9.17) is 16.7 Å². The highest BCUT2D eigenvalue weighted by Crippen LogP contribution is 2.36. The standard InChI is InChI=1S/C15H14ClF3N2O3S/c16-10-3-1-9(2-4-10)14(22)8-21-13-6-5-11(25(20,23)24)7-12(13)15(17,18)19/h1-7,14,21-22H,8H2,(H2,20,23,24)/t14-/m0/s1. The lowest BCUT2D eigenvalue weighted by molar-refractivity contribution is -0.137. The van der Waals surface area contributed by atoms with Crippen molar-refractivity contribution < 1.29 is 26.7 Å². The lowest BCUT2D eigenvalue weighted by atomic mass is 10.1. The highest BCUT2D eigenvalue weighted by Gasteiger charge is 2.34. The number of hydrogen-bond donors (Lipinski definition) is 3. The molecule has 1 atom stereocenters. The third-order valence-electron chi connectivity index (χ3n) is 3.37. The Balaban J connectivity index is 2.25. The quantitative estimate of drug-likeness (QED) is 0.726. The van der Waals surface area contributed by atoms with Crippen LogP contribution in [-0.2, 0) is 16.2 Å². The van der Waals surface area contributed by atoms with E-state index in [0.29, 0.717) is 16.7 Å². The molecule has 0 heterocycles. The lowest BCUT2D eigenvalue weighted by Gasteiger charge is -2.18. The molecule has 25 heavy (non-hydrogen) atoms. The molecule has 2 rings (SSSR count). The summed E-state index contributed by atoms with van der Waals surface area (Å²) in [5.74, 6) is 0. The molecule has 0 aliphatic carbocycles. The van der Waals surface area contributed by atoms with Crippen molar-refractivity contribution in [3.8, 4) is 0 Å². The van der Waals surface area contributed by atoms with Crippen molar-refractivity contribution in [2.45, 2.75) is 17.2 Å². The summed E-state index contributed by atoms with van der Waals surface area (Å²) in [6, 6.07) is 8.54. The predicted octanol–water partition coefficient (Wildman–Crippen LogP) is 3.15. The first-order chi connectivity index (χ1) is 11.5. The molecule has 0 aliphatic heterocycles. The number of aliphatic hydroxyl groups is 1. The number of halogens is 4. The molecule has 0 saturated carbocycles. The van der Waals surface area contributed by atoms with Crippen LogP contribution in [0.1, 0.15) is 17.2 Å². The van der Waals surface area contributed by atoms with E-state index >= 15 is 0 Å². The van der Waals surface area contributed by atoms with E-state index in [-0.39, 0.29) is 12.2 Å². The monoisotopic (exact) mass is 394 g/mol. The topological polar surface area (TPSA) is 92.4 Å². The number of alkyl halides is 3. The number of benzene rings is 2. The molecule has 0 aromatic heterocycles. The Hall–Kier alpha value is -1.81. The second-order valence-corrected chi connectivity index (χ2v) is 7.20. The third-order valence-corrected chi connectivity index (χ3v) is 4.53. The zero-order valence-electron chi connectivity index (χ0n) is 12.6. The van der Waals surface area contributed by atoms with Crippen molar-refractivity contribution in [2.24, 2.45) is 5.14 Å². The molecule has 0 bridgehead atoms. The van der Waals surface area contributed by atoms with Crippen LogP contribution in [0.2, 0.25) is 5.02 Å². The Labute approximate surface area is 147 Å². The van der Waals surface area contributed by atoms with E-state index < -0.39 is 32.8 Å². The van der Waals surface area contributed by atoms with Crippen LogP contribution in [0.5, 0.6) is 0 Å². The molecule has 0 spiro atoms. The first-order valence-electron chi connectivity index (χ1n) is 6.90. The summed E-state index contributed by atoms with van der Waals surface area (Å²) >= 11 is 5.73. The summed E-state index contributed by atoms with van der Waals surface area (Å²) in [6.45, 7) is -0.223. The highest BCUT2D eigenvalue weighted by atomic mass is 35.5. The number of aliphatic hydroxyl groups excluding tert-OH is 1. The lowest BCUT2D eigenvalue weighted by Crippen LogP contribution is -2.18. The minimum Gasteiger partial charge on any atom is -0.387 e. The number of hydrogen-bond acceptors (Lipinski definition) is 4. The molecule has 0 saturated heterocycles. The molecule has 136 valence electrons. The van der Waals surface area contributed by atoms with Crippen molar-refractivity contribution in [1.82, 2.24) is 0 Å². The van der Waals surface area contributed by atoms with Gasteiger partial charge in [-0.15, -0.1) is 0 Å². The number of primary sulfonamides is 1. The maximum absolute atomic E-state index is 13.2. The largest absolute Gasteiger partial charge is 0.418 e. The second-order valence-electron chi connectivity index (χ2n) is 5.20. The summed E-state index contributed by atoms with van der Waals surface area (Å²) in [5.41, 5.74) is -1.10. The number of anilines is 1. The minimum absolute atomic E-state index is 0.223. The van der Waals surface area contributed by atoms with Gasteiger partial charge in [0.1, 0.15) is 0 Å². The first kappa shape index (κ1) is 19.5. The molecular formula is C15H14ClF3N2O3S. The van der Waals surface area contributed by atoms with Crippen LogP contribution in [0.3, 0.4) is 0 Å². The molecule has 2 aromatic rings. The molecule has 5 nitrogen and oxygen atoms in total. The van der Waals surface area contributed by atoms with Crippen LogP contribution in [0.25, 0.3) is 0 Å². The first-order valence-corrected chi connectivity index (χ1v) is 8.82. The molecule has 10 heteroatoms. The van der Waals surface area contributed by atoms with Gasteiger partial charge in [0.2, 0.25) is 10.0 Å². The zero-order valence-corrected chi connectivity index (χ0v) is 14.2. The average molecular weight is 395 g/mol. The van der Waals surface area contributed by atoms with E-state index in [1.807, 2.05) is 0 Å². The summed E-state index contributed by atoms with van der Waals surface area (Å²) in [6.07, 6.45) is -5.88. The van der Waals surface area contributed by atoms with Crippen molar-refractivity contribution in [3.05, 3.63) is 58.6 Å². The Morgan fingerprint density at radius 3 is 2.28 bits per heavy atom. The van der Waals surface area contributed by atoms with Gasteiger partial charge in [-0.2, -0.15) is 13.2 Å². The van der Waals surface area contributed by atoms with Gasteiger partial charge in [0.15, 0.2) is 0 Å². The Morgan fingerprint density at radius 1 is 1.16 bits per heavy atom. The molecule has 4 N–H and O–H groups in total. The second kappa shape index (κ2) is 7.20. The summed E-state index contributed by atoms with van der Waals surface area (Å²) < 4.78 is 61.9. The minimum atomic E-state index is -4.80. The molecule has 0 unspecified atom stereocenters. The van der Waals surface area contributed by atoms with Crippen molar-refractivity contribution in [1.29, 1.82) is 0 Å². The average Bonchev–Trinajstić information content (AvgIpc) is 2.51. The fourth-order valence-electron chi connectivity index (χ4n) is 2.10. The summed E-state index contributed by atoms with van der Waals surface area (Å²) in [7, 11) is -4.27. The van der Waals surface area contributed by atoms with Gasteiger partial charge in [-0.1, -0.05) is 23.7 Å². The Bertz CT molecular complexity index is 855. The zero-order chi connectivity index (χ0) is 18.8. The van der Waals surface area contributed by atoms with Gasteiger partial charge in [-0.05, 0) is 35.9 Å². The number of sulfonamides is 1. The van der Waals surface area contributed by atoms with Crippen LogP contribution in [0.15, 0.2) is 47.4 Å². The van der Waals surface area contributed by atoms with Gasteiger partial charge in [0.05, 0.1) is 16.6 Å². The molecule has 2 aromatic carbocycles. The number of rotatable bonds is 5. The van der Waals surface area contributed by atoms with Crippen molar-refractivity contribution >= 4 is 27.3 Å². The van der Waals surface area contributed by atoms with Gasteiger partial charge < -0.3 is 10.4 Å². The van der Waals surface area contributed by atoms with Gasteiger partial charge in [0.25, 0.3) is 0 Å². The van der Waals surface area contributed by atoms with E-state index in [2.05, 4.69) is 5.32 Å². The van der Waals surface area contributed by atoms with E-state index in [1.165, 1.54) is 0 Å². The maximum Gasteiger partial charge on any atom is 0.418 e. The molecular weight excluding hydrogens is 381 g/mol. The highest BCUT2D eigenvalue weighted by molar-refractivity contribution is 7.89. The van der Waals surface area contributed by atoms with E-state index in [1.54, 1.807) is 24.3 Å². The number of nitrogens with one attached hydrogen (secondary N) is 1. The SMILES string of the molecule is NS(=O)(=O)c1ccc(NC[C@H](O)c2ccc(Cl)cc2)c(C(F)(F)F)c1. The fraction of sp³-hybridized carbons (Fsp3) is 0.200. The van der Waals surface area contributed by atoms with E-state index in [9.17, 15) is 26.7 Å². The van der Waals surface area contributed by atoms with Gasteiger partial charge >= 0.3 is 6.18 Å². The Kier molecular flexibility index (Phi) is 5.62. The van der Waals surface area contributed by atoms with Gasteiger partial charge in [-0.25, -0.2) is 13.6 Å². The van der Waals surface area contributed by atoms with Crippen LogP contribution < -0.4 is 10.5 Å². The Morgan fingerprint density at radius 2 is 1.76 bits per heavy atom. The van der Waals surface area contributed by atoms with E-state index in [0.717, 1.165) is 12.1 Å². The third kappa shape index (κ3) is 5.08. The van der Waals surface area contributed by atoms with Gasteiger partial charge in [-0.3, -0.25) is 0 Å². The summed E-state index contributed by atoms with van der Waals surface area (Å²) in [5, 5.41) is 17.8. The molecule has 0 radical (unpaired) electrons. The molecule has 0 amide bonds. The fourth-order valence-corrected chi connectivity index (χ4v) is 2.76. The predicted molar refractivity (Wildman–Crippen MR) is 87.7 cm³/mol. The van der Waals surface area contributed by atoms with Crippen molar-refractivity contribution in [2.75, 3.05) is 11.9 Å². The smallest absolute Gasteiger partial charge is 0.387 e. The maximum atomic E-state index is 13.2. The van der Waals surface area contributed by atoms with Crippen LogP contribution in [0.4, 0.5) is 18.9 Å². The van der Waals surface area contributed by atoms with Crippen molar-refractivity contribution in [3.63, 3.8) is 0 Å². The van der Waals surface area contributed by atoms with Crippen LogP contribution in [-0.4, -0.2) is 20.1 Å². The molecule has 0 fully saturated rings. The van der Waals surface area contributed by atoms with Gasteiger partial charge in [0, 0.05) is 17.3 Å². The summed E-state index contributed by atoms with van der Waals surface area (Å²) in [4.78, 5) is -0.649. The number of nitrogens with two attached hydrogens (primary N) is 1. The van der Waals surface area contributed by atoms with Crippen LogP contribution in [0, 0.1) is 0 Å². The normalized spacial score (nSPS) is 13.5. The van der Waals surface area contributed by atoms with Crippen LogP contribution >= 0.6 is 11.6 Å².